The normalized spacial score (nSPS) is 14.1. The number of phenolic OH excluding ortho intramolecular Hbond substituents is 1. The van der Waals surface area contributed by atoms with Gasteiger partial charge in [-0.05, 0) is 36.1 Å². The van der Waals surface area contributed by atoms with Crippen LogP contribution in [-0.4, -0.2) is 5.11 Å². The predicted octanol–water partition coefficient (Wildman–Crippen LogP) is 2.25. The lowest BCUT2D eigenvalue weighted by atomic mass is 9.89. The molecule has 1 aliphatic carbocycles. The van der Waals surface area contributed by atoms with Crippen LogP contribution in [0.2, 0.25) is 0 Å². The zero-order chi connectivity index (χ0) is 7.14. The van der Waals surface area contributed by atoms with Crippen molar-refractivity contribution in [2.75, 3.05) is 0 Å². The summed E-state index contributed by atoms with van der Waals surface area (Å²) in [7, 11) is 0. The summed E-state index contributed by atoms with van der Waals surface area (Å²) in [5.74, 6) is 0.366. The number of aromatic hydroxyl groups is 1. The van der Waals surface area contributed by atoms with Gasteiger partial charge in [-0.1, -0.05) is 15.9 Å². The van der Waals surface area contributed by atoms with Gasteiger partial charge in [0.15, 0.2) is 0 Å². The molecule has 0 radical (unpaired) electrons. The van der Waals surface area contributed by atoms with Gasteiger partial charge in [0.05, 0.1) is 0 Å². The van der Waals surface area contributed by atoms with Crippen LogP contribution >= 0.6 is 15.9 Å². The fourth-order valence-electron chi connectivity index (χ4n) is 1.26. The van der Waals surface area contributed by atoms with E-state index in [0.29, 0.717) is 5.75 Å². The molecular weight excluding hydrogens is 192 g/mol. The molecular formula is C8H7BrO. The molecule has 1 nitrogen and oxygen atoms in total. The second-order valence-electron chi connectivity index (χ2n) is 2.57. The van der Waals surface area contributed by atoms with Gasteiger partial charge < -0.3 is 5.11 Å². The largest absolute Gasteiger partial charge is 0.508 e. The van der Waals surface area contributed by atoms with Crippen LogP contribution in [0.1, 0.15) is 11.1 Å². The fraction of sp³-hybridized carbons (Fsp3) is 0.250. The van der Waals surface area contributed by atoms with Crippen LogP contribution in [0.15, 0.2) is 16.6 Å². The zero-order valence-electron chi connectivity index (χ0n) is 5.39. The molecule has 0 atom stereocenters. The highest BCUT2D eigenvalue weighted by atomic mass is 79.9. The van der Waals surface area contributed by atoms with E-state index in [0.717, 1.165) is 17.3 Å². The first-order chi connectivity index (χ1) is 4.77. The maximum atomic E-state index is 9.12. The lowest BCUT2D eigenvalue weighted by Gasteiger charge is -2.19. The highest BCUT2D eigenvalue weighted by Gasteiger charge is 2.16. The van der Waals surface area contributed by atoms with Crippen molar-refractivity contribution in [3.63, 3.8) is 0 Å². The van der Waals surface area contributed by atoms with E-state index in [9.17, 15) is 0 Å². The van der Waals surface area contributed by atoms with Gasteiger partial charge in [-0.3, -0.25) is 0 Å². The van der Waals surface area contributed by atoms with Crippen LogP contribution in [0.25, 0.3) is 0 Å². The van der Waals surface area contributed by atoms with Crippen LogP contribution in [0.3, 0.4) is 0 Å². The molecule has 0 amide bonds. The Morgan fingerprint density at radius 3 is 2.60 bits per heavy atom. The quantitative estimate of drug-likeness (QED) is 0.679. The number of fused-ring (bicyclic) bond motifs is 1. The Bertz CT molecular complexity index is 264. The molecule has 1 N–H and O–H groups in total. The first kappa shape index (κ1) is 6.23. The van der Waals surface area contributed by atoms with Gasteiger partial charge in [0.1, 0.15) is 5.75 Å². The maximum absolute atomic E-state index is 9.12. The van der Waals surface area contributed by atoms with Crippen LogP contribution in [0.5, 0.6) is 5.75 Å². The second-order valence-corrected chi connectivity index (χ2v) is 3.42. The molecule has 0 fully saturated rings. The third-order valence-electron chi connectivity index (χ3n) is 1.92. The van der Waals surface area contributed by atoms with Crippen LogP contribution in [-0.2, 0) is 12.8 Å². The lowest BCUT2D eigenvalue weighted by Crippen LogP contribution is -2.08. The highest BCUT2D eigenvalue weighted by Crippen LogP contribution is 2.33. The summed E-state index contributed by atoms with van der Waals surface area (Å²) >= 11 is 3.39. The molecule has 0 aromatic heterocycles. The molecule has 2 rings (SSSR count). The number of halogens is 1. The van der Waals surface area contributed by atoms with Crippen molar-refractivity contribution < 1.29 is 5.11 Å². The standard InChI is InChI=1S/C8H7BrO/c9-8-4-6(10)3-5-1-2-7(5)8/h3-4,10H,1-2H2. The zero-order valence-corrected chi connectivity index (χ0v) is 6.98. The first-order valence-corrected chi connectivity index (χ1v) is 4.07. The van der Waals surface area contributed by atoms with Crippen molar-refractivity contribution in [1.29, 1.82) is 0 Å². The van der Waals surface area contributed by atoms with E-state index in [4.69, 9.17) is 5.11 Å². The molecule has 1 aromatic rings. The molecule has 0 bridgehead atoms. The number of hydrogen-bond donors (Lipinski definition) is 1. The van der Waals surface area contributed by atoms with Crippen LogP contribution < -0.4 is 0 Å². The Labute approximate surface area is 67.8 Å². The number of hydrogen-bond acceptors (Lipinski definition) is 1. The molecule has 0 saturated heterocycles. The number of benzene rings is 1. The van der Waals surface area contributed by atoms with Gasteiger partial charge in [0.2, 0.25) is 0 Å². The molecule has 1 aliphatic rings. The molecule has 0 unspecified atom stereocenters. The van der Waals surface area contributed by atoms with Crippen molar-refractivity contribution in [1.82, 2.24) is 0 Å². The van der Waals surface area contributed by atoms with Gasteiger partial charge in [-0.15, -0.1) is 0 Å². The third kappa shape index (κ3) is 0.754. The summed E-state index contributed by atoms with van der Waals surface area (Å²) in [4.78, 5) is 0. The van der Waals surface area contributed by atoms with Gasteiger partial charge in [0.25, 0.3) is 0 Å². The summed E-state index contributed by atoms with van der Waals surface area (Å²) in [6.07, 6.45) is 2.26. The van der Waals surface area contributed by atoms with E-state index in [-0.39, 0.29) is 0 Å². The van der Waals surface area contributed by atoms with E-state index in [1.807, 2.05) is 6.07 Å². The number of aryl methyl sites for hydroxylation is 1. The fourth-order valence-corrected chi connectivity index (χ4v) is 1.95. The summed E-state index contributed by atoms with van der Waals surface area (Å²) in [5.41, 5.74) is 2.64. The van der Waals surface area contributed by atoms with Crippen molar-refractivity contribution in [2.45, 2.75) is 12.8 Å². The molecule has 0 aliphatic heterocycles. The minimum Gasteiger partial charge on any atom is -0.508 e. The van der Waals surface area contributed by atoms with Crippen molar-refractivity contribution in [3.8, 4) is 5.75 Å². The number of rotatable bonds is 0. The average Bonchev–Trinajstić information content (AvgIpc) is 1.77. The third-order valence-corrected chi connectivity index (χ3v) is 2.62. The molecule has 1 aromatic carbocycles. The monoisotopic (exact) mass is 198 g/mol. The van der Waals surface area contributed by atoms with Gasteiger partial charge in [-0.25, -0.2) is 0 Å². The van der Waals surface area contributed by atoms with Gasteiger partial charge in [-0.2, -0.15) is 0 Å². The van der Waals surface area contributed by atoms with Crippen molar-refractivity contribution in [2.24, 2.45) is 0 Å². The Morgan fingerprint density at radius 1 is 1.30 bits per heavy atom. The molecule has 0 heterocycles. The molecule has 0 spiro atoms. The summed E-state index contributed by atoms with van der Waals surface area (Å²) in [6, 6.07) is 3.58. The van der Waals surface area contributed by atoms with Crippen molar-refractivity contribution >= 4 is 15.9 Å². The topological polar surface area (TPSA) is 20.2 Å². The van der Waals surface area contributed by atoms with E-state index in [1.165, 1.54) is 11.1 Å². The Kier molecular flexibility index (Phi) is 1.24. The lowest BCUT2D eigenvalue weighted by molar-refractivity contribution is 0.472. The summed E-state index contributed by atoms with van der Waals surface area (Å²) in [6.45, 7) is 0. The molecule has 0 saturated carbocycles. The summed E-state index contributed by atoms with van der Waals surface area (Å²) < 4.78 is 1.05. The van der Waals surface area contributed by atoms with E-state index >= 15 is 0 Å². The van der Waals surface area contributed by atoms with E-state index in [2.05, 4.69) is 15.9 Å². The minimum absolute atomic E-state index is 0.366. The predicted molar refractivity (Wildman–Crippen MR) is 43.2 cm³/mol. The Hall–Kier alpha value is -0.500. The van der Waals surface area contributed by atoms with Crippen molar-refractivity contribution in [3.05, 3.63) is 27.7 Å². The smallest absolute Gasteiger partial charge is 0.116 e. The van der Waals surface area contributed by atoms with Crippen LogP contribution in [0, 0.1) is 0 Å². The Balaban J connectivity index is 2.63. The van der Waals surface area contributed by atoms with Gasteiger partial charge >= 0.3 is 0 Å². The molecule has 10 heavy (non-hydrogen) atoms. The summed E-state index contributed by atoms with van der Waals surface area (Å²) in [5, 5.41) is 9.12. The Morgan fingerprint density at radius 2 is 2.10 bits per heavy atom. The van der Waals surface area contributed by atoms with E-state index in [1.54, 1.807) is 6.07 Å². The molecule has 52 valence electrons. The maximum Gasteiger partial charge on any atom is 0.116 e. The van der Waals surface area contributed by atoms with E-state index < -0.39 is 0 Å². The minimum atomic E-state index is 0.366. The van der Waals surface area contributed by atoms with Crippen LogP contribution in [0.4, 0.5) is 0 Å². The SMILES string of the molecule is Oc1cc(Br)c2c(c1)CC2. The number of phenols is 1. The second kappa shape index (κ2) is 1.99. The molecule has 2 heteroatoms. The highest BCUT2D eigenvalue weighted by molar-refractivity contribution is 9.10. The van der Waals surface area contributed by atoms with Gasteiger partial charge in [0, 0.05) is 4.47 Å². The first-order valence-electron chi connectivity index (χ1n) is 3.27. The average molecular weight is 199 g/mol.